The zero-order chi connectivity index (χ0) is 31.4. The zero-order valence-corrected chi connectivity index (χ0v) is 26.3. The van der Waals surface area contributed by atoms with Gasteiger partial charge in [0.1, 0.15) is 11.5 Å². The molecule has 2 heterocycles. The van der Waals surface area contributed by atoms with Gasteiger partial charge >= 0.3 is 0 Å². The van der Waals surface area contributed by atoms with Crippen LogP contribution in [0.25, 0.3) is 60.9 Å². The van der Waals surface area contributed by atoms with E-state index in [0.29, 0.717) is 0 Å². The van der Waals surface area contributed by atoms with Crippen LogP contribution in [0.4, 0.5) is 0 Å². The molecule has 9 rings (SSSR count). The Kier molecular flexibility index (Phi) is 6.38. The molecule has 222 valence electrons. The first-order valence-corrected chi connectivity index (χ1v) is 17.4. The molecular weight excluding hydrogens is 593 g/mol. The molecule has 0 unspecified atom stereocenters. The molecule has 0 aliphatic heterocycles. The van der Waals surface area contributed by atoms with Crippen LogP contribution in [-0.4, -0.2) is 14.4 Å². The van der Waals surface area contributed by atoms with E-state index in [1.165, 1.54) is 0 Å². The standard InChI is InChI=1S/C42H28N3OP/c46-47(34-14-6-2-7-15-34,35-16-8-3-9-17-35)36-24-22-31-26-30(20-21-32(31)27-36)33-23-25-38-37(28-33)42-44-39-18-10-11-19-40(39)45(42)41(43-38)29-12-4-1-5-13-29/h1-28H. The van der Waals surface area contributed by atoms with E-state index >= 15 is 0 Å². The molecule has 0 saturated carbocycles. The Morgan fingerprint density at radius 1 is 0.447 bits per heavy atom. The third-order valence-electron chi connectivity index (χ3n) is 9.03. The predicted molar refractivity (Wildman–Crippen MR) is 196 cm³/mol. The van der Waals surface area contributed by atoms with Gasteiger partial charge in [0.25, 0.3) is 0 Å². The lowest BCUT2D eigenvalue weighted by atomic mass is 10.00. The van der Waals surface area contributed by atoms with Gasteiger partial charge in [-0.2, -0.15) is 0 Å². The summed E-state index contributed by atoms with van der Waals surface area (Å²) in [5.74, 6) is 0.874. The quantitative estimate of drug-likeness (QED) is 0.180. The average molecular weight is 622 g/mol. The van der Waals surface area contributed by atoms with Gasteiger partial charge in [-0.15, -0.1) is 0 Å². The van der Waals surface area contributed by atoms with Crippen LogP contribution in [0.5, 0.6) is 0 Å². The van der Waals surface area contributed by atoms with E-state index in [4.69, 9.17) is 9.97 Å². The van der Waals surface area contributed by atoms with Gasteiger partial charge < -0.3 is 4.57 Å². The fourth-order valence-electron chi connectivity index (χ4n) is 6.69. The molecule has 4 nitrogen and oxygen atoms in total. The van der Waals surface area contributed by atoms with Crippen LogP contribution in [-0.2, 0) is 4.57 Å². The van der Waals surface area contributed by atoms with Crippen molar-refractivity contribution >= 4 is 61.4 Å². The van der Waals surface area contributed by atoms with E-state index in [0.717, 1.165) is 76.8 Å². The molecule has 7 aromatic carbocycles. The molecule has 0 aliphatic carbocycles. The van der Waals surface area contributed by atoms with Gasteiger partial charge in [-0.1, -0.05) is 133 Å². The number of rotatable bonds is 5. The van der Waals surface area contributed by atoms with Crippen molar-refractivity contribution in [3.63, 3.8) is 0 Å². The van der Waals surface area contributed by atoms with Gasteiger partial charge in [-0.3, -0.25) is 4.40 Å². The molecule has 0 aliphatic rings. The lowest BCUT2D eigenvalue weighted by molar-refractivity contribution is 0.592. The third-order valence-corrected chi connectivity index (χ3v) is 12.1. The Morgan fingerprint density at radius 3 is 1.79 bits per heavy atom. The number of aromatic nitrogens is 3. The third kappa shape index (κ3) is 4.49. The predicted octanol–water partition coefficient (Wildman–Crippen LogP) is 9.16. The van der Waals surface area contributed by atoms with Crippen LogP contribution < -0.4 is 15.9 Å². The summed E-state index contributed by atoms with van der Waals surface area (Å²) in [7, 11) is -3.06. The van der Waals surface area contributed by atoms with Gasteiger partial charge in [0.05, 0.1) is 16.6 Å². The first-order chi connectivity index (χ1) is 23.2. The lowest BCUT2D eigenvalue weighted by Crippen LogP contribution is -2.24. The van der Waals surface area contributed by atoms with E-state index in [2.05, 4.69) is 77.2 Å². The molecule has 0 radical (unpaired) electrons. The molecule has 0 bridgehead atoms. The van der Waals surface area contributed by atoms with E-state index in [1.54, 1.807) is 0 Å². The fourth-order valence-corrected chi connectivity index (χ4v) is 9.37. The molecule has 0 fully saturated rings. The molecule has 0 N–H and O–H groups in total. The number of hydrogen-bond donors (Lipinski definition) is 0. The largest absolute Gasteiger partial charge is 0.309 e. The second kappa shape index (κ2) is 10.9. The van der Waals surface area contributed by atoms with Crippen LogP contribution in [0.2, 0.25) is 0 Å². The Bertz CT molecular complexity index is 2610. The van der Waals surface area contributed by atoms with E-state index in [-0.39, 0.29) is 0 Å². The summed E-state index contributed by atoms with van der Waals surface area (Å²) in [6.45, 7) is 0. The van der Waals surface area contributed by atoms with Crippen LogP contribution in [0, 0.1) is 0 Å². The highest BCUT2D eigenvalue weighted by atomic mass is 31.2. The minimum Gasteiger partial charge on any atom is -0.309 e. The smallest absolute Gasteiger partial charge is 0.171 e. The monoisotopic (exact) mass is 621 g/mol. The zero-order valence-electron chi connectivity index (χ0n) is 25.4. The number of nitrogens with zero attached hydrogens (tertiary/aromatic N) is 3. The summed E-state index contributed by atoms with van der Waals surface area (Å²) in [6.07, 6.45) is 0. The summed E-state index contributed by atoms with van der Waals surface area (Å²) in [5, 5.41) is 5.64. The molecule has 2 aromatic heterocycles. The Balaban J connectivity index is 1.18. The van der Waals surface area contributed by atoms with Crippen molar-refractivity contribution in [1.29, 1.82) is 0 Å². The molecule has 47 heavy (non-hydrogen) atoms. The molecule has 0 atom stereocenters. The minimum absolute atomic E-state index is 0.829. The second-order valence-corrected chi connectivity index (χ2v) is 14.6. The van der Waals surface area contributed by atoms with Gasteiger partial charge in [-0.25, -0.2) is 9.97 Å². The molecular formula is C42H28N3OP. The Labute approximate surface area is 272 Å². The van der Waals surface area contributed by atoms with Crippen molar-refractivity contribution in [2.24, 2.45) is 0 Å². The van der Waals surface area contributed by atoms with Crippen molar-refractivity contribution in [3.05, 3.63) is 170 Å². The van der Waals surface area contributed by atoms with Crippen molar-refractivity contribution in [1.82, 2.24) is 14.4 Å². The maximum Gasteiger partial charge on any atom is 0.171 e. The minimum atomic E-state index is -3.06. The Hall–Kier alpha value is -5.83. The van der Waals surface area contributed by atoms with Crippen molar-refractivity contribution in [2.75, 3.05) is 0 Å². The first-order valence-electron chi connectivity index (χ1n) is 15.7. The van der Waals surface area contributed by atoms with Crippen molar-refractivity contribution in [2.45, 2.75) is 0 Å². The highest BCUT2D eigenvalue weighted by molar-refractivity contribution is 7.85. The number of benzene rings is 7. The summed E-state index contributed by atoms with van der Waals surface area (Å²) < 4.78 is 17.1. The first kappa shape index (κ1) is 27.5. The van der Waals surface area contributed by atoms with Crippen LogP contribution in [0.1, 0.15) is 0 Å². The maximum absolute atomic E-state index is 14.9. The van der Waals surface area contributed by atoms with E-state index < -0.39 is 7.14 Å². The average Bonchev–Trinajstić information content (AvgIpc) is 3.55. The number of fused-ring (bicyclic) bond motifs is 6. The van der Waals surface area contributed by atoms with Gasteiger partial charge in [-0.05, 0) is 58.3 Å². The van der Waals surface area contributed by atoms with Crippen LogP contribution >= 0.6 is 7.14 Å². The van der Waals surface area contributed by atoms with Gasteiger partial charge in [0, 0.05) is 26.9 Å². The Morgan fingerprint density at radius 2 is 1.04 bits per heavy atom. The highest BCUT2D eigenvalue weighted by Gasteiger charge is 2.29. The van der Waals surface area contributed by atoms with Crippen molar-refractivity contribution < 1.29 is 4.57 Å². The van der Waals surface area contributed by atoms with Crippen LogP contribution in [0.3, 0.4) is 0 Å². The van der Waals surface area contributed by atoms with E-state index in [1.807, 2.05) is 97.1 Å². The lowest BCUT2D eigenvalue weighted by Gasteiger charge is -2.20. The summed E-state index contributed by atoms with van der Waals surface area (Å²) in [4.78, 5) is 10.3. The molecule has 9 aromatic rings. The highest BCUT2D eigenvalue weighted by Crippen LogP contribution is 2.43. The molecule has 0 spiro atoms. The topological polar surface area (TPSA) is 47.3 Å². The number of para-hydroxylation sites is 2. The van der Waals surface area contributed by atoms with Gasteiger partial charge in [0.15, 0.2) is 7.14 Å². The number of imidazole rings is 1. The summed E-state index contributed by atoms with van der Waals surface area (Å²) in [5.41, 5.74) is 7.00. The SMILES string of the molecule is O=P(c1ccccc1)(c1ccccc1)c1ccc2cc(-c3ccc4nc(-c5ccccc5)n5c6ccccc6nc5c4c3)ccc2c1. The maximum atomic E-state index is 14.9. The fraction of sp³-hybridized carbons (Fsp3) is 0. The van der Waals surface area contributed by atoms with Crippen LogP contribution in [0.15, 0.2) is 170 Å². The summed E-state index contributed by atoms with van der Waals surface area (Å²) >= 11 is 0. The number of hydrogen-bond acceptors (Lipinski definition) is 3. The van der Waals surface area contributed by atoms with E-state index in [9.17, 15) is 4.57 Å². The second-order valence-electron chi connectivity index (χ2n) is 11.8. The molecule has 0 amide bonds. The summed E-state index contributed by atoms with van der Waals surface area (Å²) in [6, 6.07) is 57.3. The van der Waals surface area contributed by atoms with Gasteiger partial charge in [0.2, 0.25) is 0 Å². The van der Waals surface area contributed by atoms with Crippen molar-refractivity contribution in [3.8, 4) is 22.5 Å². The normalized spacial score (nSPS) is 11.9. The molecule has 5 heteroatoms. The molecule has 0 saturated heterocycles.